The molecule has 0 aliphatic rings. The second-order valence-electron chi connectivity index (χ2n) is 5.12. The number of aromatic nitrogens is 2. The molecule has 1 N–H and O–H groups in total. The van der Waals surface area contributed by atoms with Gasteiger partial charge in [-0.05, 0) is 44.6 Å². The molecule has 1 atom stereocenters. The summed E-state index contributed by atoms with van der Waals surface area (Å²) in [5.74, 6) is 0.562. The monoisotopic (exact) mass is 238 g/mol. The molecule has 1 aromatic rings. The van der Waals surface area contributed by atoms with E-state index in [9.17, 15) is 5.11 Å². The molecular formula is C14H26N2O. The second kappa shape index (κ2) is 6.80. The van der Waals surface area contributed by atoms with Crippen LogP contribution in [0.25, 0.3) is 0 Å². The van der Waals surface area contributed by atoms with Crippen LogP contribution in [0.4, 0.5) is 0 Å². The van der Waals surface area contributed by atoms with Gasteiger partial charge in [-0.15, -0.1) is 0 Å². The Morgan fingerprint density at radius 3 is 2.59 bits per heavy atom. The average molecular weight is 238 g/mol. The van der Waals surface area contributed by atoms with E-state index in [0.717, 1.165) is 37.9 Å². The van der Waals surface area contributed by atoms with E-state index in [1.165, 1.54) is 5.69 Å². The second-order valence-corrected chi connectivity index (χ2v) is 5.12. The third-order valence-corrected chi connectivity index (χ3v) is 3.05. The minimum Gasteiger partial charge on any atom is -0.393 e. The van der Waals surface area contributed by atoms with Crippen LogP contribution in [0.15, 0.2) is 6.07 Å². The summed E-state index contributed by atoms with van der Waals surface area (Å²) >= 11 is 0. The predicted octanol–water partition coefficient (Wildman–Crippen LogP) is 2.81. The topological polar surface area (TPSA) is 38.0 Å². The molecule has 0 fully saturated rings. The summed E-state index contributed by atoms with van der Waals surface area (Å²) in [6, 6.07) is 2.17. The number of nitrogens with zero attached hydrogens (tertiary/aromatic N) is 2. The third kappa shape index (κ3) is 4.50. The Hall–Kier alpha value is -0.830. The molecule has 17 heavy (non-hydrogen) atoms. The largest absolute Gasteiger partial charge is 0.393 e. The van der Waals surface area contributed by atoms with Crippen LogP contribution < -0.4 is 0 Å². The van der Waals surface area contributed by atoms with Gasteiger partial charge in [-0.1, -0.05) is 20.8 Å². The van der Waals surface area contributed by atoms with E-state index in [-0.39, 0.29) is 6.10 Å². The van der Waals surface area contributed by atoms with Gasteiger partial charge in [0.1, 0.15) is 0 Å². The van der Waals surface area contributed by atoms with E-state index in [2.05, 4.69) is 43.5 Å². The quantitative estimate of drug-likeness (QED) is 0.793. The standard InChI is InChI=1S/C14H26N2O/c1-5-12-10-13(16(6-2)15-12)7-8-14(17)9-11(3)4/h10-11,14,17H,5-9H2,1-4H3. The molecule has 3 nitrogen and oxygen atoms in total. The van der Waals surface area contributed by atoms with Crippen molar-refractivity contribution in [3.8, 4) is 0 Å². The smallest absolute Gasteiger partial charge is 0.0624 e. The van der Waals surface area contributed by atoms with Gasteiger partial charge >= 0.3 is 0 Å². The molecule has 0 radical (unpaired) electrons. The van der Waals surface area contributed by atoms with Crippen LogP contribution >= 0.6 is 0 Å². The highest BCUT2D eigenvalue weighted by Crippen LogP contribution is 2.13. The summed E-state index contributed by atoms with van der Waals surface area (Å²) in [6.45, 7) is 9.44. The molecule has 1 rings (SSSR count). The van der Waals surface area contributed by atoms with Crippen molar-refractivity contribution in [1.82, 2.24) is 9.78 Å². The molecule has 0 spiro atoms. The Labute approximate surface area is 105 Å². The van der Waals surface area contributed by atoms with E-state index in [0.29, 0.717) is 5.92 Å². The fourth-order valence-electron chi connectivity index (χ4n) is 2.14. The number of aryl methyl sites for hydroxylation is 3. The van der Waals surface area contributed by atoms with Gasteiger partial charge in [-0.25, -0.2) is 0 Å². The molecule has 0 bridgehead atoms. The first kappa shape index (κ1) is 14.2. The highest BCUT2D eigenvalue weighted by molar-refractivity contribution is 5.10. The van der Waals surface area contributed by atoms with Gasteiger partial charge in [0.15, 0.2) is 0 Å². The number of hydrogen-bond donors (Lipinski definition) is 1. The summed E-state index contributed by atoms with van der Waals surface area (Å²) in [5, 5.41) is 14.4. The highest BCUT2D eigenvalue weighted by Gasteiger charge is 2.10. The van der Waals surface area contributed by atoms with E-state index in [4.69, 9.17) is 0 Å². The minimum atomic E-state index is -0.180. The summed E-state index contributed by atoms with van der Waals surface area (Å²) in [4.78, 5) is 0. The Morgan fingerprint density at radius 1 is 1.35 bits per heavy atom. The Bertz CT molecular complexity index is 331. The van der Waals surface area contributed by atoms with Crippen molar-refractivity contribution in [3.63, 3.8) is 0 Å². The fraction of sp³-hybridized carbons (Fsp3) is 0.786. The van der Waals surface area contributed by atoms with E-state index in [1.54, 1.807) is 0 Å². The first-order valence-corrected chi connectivity index (χ1v) is 6.80. The normalized spacial score (nSPS) is 13.3. The lowest BCUT2D eigenvalue weighted by atomic mass is 10.0. The van der Waals surface area contributed by atoms with Crippen LogP contribution in [0.3, 0.4) is 0 Å². The summed E-state index contributed by atoms with van der Waals surface area (Å²) in [7, 11) is 0. The Balaban J connectivity index is 2.53. The zero-order valence-corrected chi connectivity index (χ0v) is 11.6. The first-order valence-electron chi connectivity index (χ1n) is 6.80. The van der Waals surface area contributed by atoms with Crippen molar-refractivity contribution in [2.75, 3.05) is 0 Å². The molecule has 1 unspecified atom stereocenters. The molecule has 0 aromatic carbocycles. The number of hydrogen-bond acceptors (Lipinski definition) is 2. The Morgan fingerprint density at radius 2 is 2.06 bits per heavy atom. The van der Waals surface area contributed by atoms with Gasteiger partial charge in [-0.2, -0.15) is 5.10 Å². The van der Waals surface area contributed by atoms with Crippen molar-refractivity contribution < 1.29 is 5.11 Å². The van der Waals surface area contributed by atoms with Crippen LogP contribution in [0.5, 0.6) is 0 Å². The van der Waals surface area contributed by atoms with Gasteiger partial charge in [0.2, 0.25) is 0 Å². The van der Waals surface area contributed by atoms with Crippen molar-refractivity contribution in [3.05, 3.63) is 17.5 Å². The van der Waals surface area contributed by atoms with Gasteiger partial charge in [0, 0.05) is 12.2 Å². The zero-order chi connectivity index (χ0) is 12.8. The average Bonchev–Trinajstić information content (AvgIpc) is 2.67. The zero-order valence-electron chi connectivity index (χ0n) is 11.6. The van der Waals surface area contributed by atoms with Crippen LogP contribution in [0.1, 0.15) is 51.9 Å². The molecule has 0 amide bonds. The lowest BCUT2D eigenvalue weighted by Gasteiger charge is -2.13. The van der Waals surface area contributed by atoms with Gasteiger partial charge in [0.25, 0.3) is 0 Å². The van der Waals surface area contributed by atoms with Gasteiger partial charge < -0.3 is 5.11 Å². The fourth-order valence-corrected chi connectivity index (χ4v) is 2.14. The molecule has 98 valence electrons. The highest BCUT2D eigenvalue weighted by atomic mass is 16.3. The first-order chi connectivity index (χ1) is 8.06. The van der Waals surface area contributed by atoms with Crippen LogP contribution in [-0.2, 0) is 19.4 Å². The maximum absolute atomic E-state index is 9.88. The Kier molecular flexibility index (Phi) is 5.69. The van der Waals surface area contributed by atoms with Crippen LogP contribution in [0.2, 0.25) is 0 Å². The molecule has 1 aromatic heterocycles. The molecule has 1 heterocycles. The van der Waals surface area contributed by atoms with Gasteiger partial charge in [-0.3, -0.25) is 4.68 Å². The molecule has 3 heteroatoms. The molecular weight excluding hydrogens is 212 g/mol. The lowest BCUT2D eigenvalue weighted by molar-refractivity contribution is 0.139. The van der Waals surface area contributed by atoms with Crippen LogP contribution in [-0.4, -0.2) is 21.0 Å². The van der Waals surface area contributed by atoms with Crippen molar-refractivity contribution in [2.45, 2.75) is 66.0 Å². The summed E-state index contributed by atoms with van der Waals surface area (Å²) in [5.41, 5.74) is 2.41. The van der Waals surface area contributed by atoms with Crippen LogP contribution in [0, 0.1) is 5.92 Å². The van der Waals surface area contributed by atoms with E-state index >= 15 is 0 Å². The van der Waals surface area contributed by atoms with Crippen molar-refractivity contribution >= 4 is 0 Å². The molecule has 0 saturated carbocycles. The maximum Gasteiger partial charge on any atom is 0.0624 e. The van der Waals surface area contributed by atoms with Crippen molar-refractivity contribution in [1.29, 1.82) is 0 Å². The maximum atomic E-state index is 9.88. The number of aliphatic hydroxyl groups excluding tert-OH is 1. The summed E-state index contributed by atoms with van der Waals surface area (Å²) < 4.78 is 2.06. The third-order valence-electron chi connectivity index (χ3n) is 3.05. The van der Waals surface area contributed by atoms with E-state index < -0.39 is 0 Å². The molecule has 0 saturated heterocycles. The summed E-state index contributed by atoms with van der Waals surface area (Å²) in [6.07, 6.45) is 3.46. The lowest BCUT2D eigenvalue weighted by Crippen LogP contribution is -2.12. The number of rotatable bonds is 7. The number of aliphatic hydroxyl groups is 1. The SMILES string of the molecule is CCc1cc(CCC(O)CC(C)C)n(CC)n1. The van der Waals surface area contributed by atoms with Gasteiger partial charge in [0.05, 0.1) is 11.8 Å². The minimum absolute atomic E-state index is 0.180. The molecule has 0 aliphatic carbocycles. The predicted molar refractivity (Wildman–Crippen MR) is 71.1 cm³/mol. The van der Waals surface area contributed by atoms with E-state index in [1.807, 2.05) is 0 Å². The molecule has 0 aliphatic heterocycles. The van der Waals surface area contributed by atoms with Crippen molar-refractivity contribution in [2.24, 2.45) is 5.92 Å².